The fourth-order valence-corrected chi connectivity index (χ4v) is 1.87. The highest BCUT2D eigenvalue weighted by molar-refractivity contribution is 5.98. The number of hydrogen-bond donors (Lipinski definition) is 1. The topological polar surface area (TPSA) is 63.3 Å². The van der Waals surface area contributed by atoms with E-state index in [1.807, 2.05) is 43.3 Å². The molecule has 5 nitrogen and oxygen atoms in total. The zero-order valence-electron chi connectivity index (χ0n) is 11.5. The third-order valence-electron chi connectivity index (χ3n) is 3.05. The maximum atomic E-state index is 5.25. The third-order valence-corrected chi connectivity index (χ3v) is 3.05. The van der Waals surface area contributed by atoms with E-state index in [9.17, 15) is 0 Å². The quantitative estimate of drug-likeness (QED) is 0.585. The van der Waals surface area contributed by atoms with E-state index in [-0.39, 0.29) is 0 Å². The van der Waals surface area contributed by atoms with Crippen molar-refractivity contribution in [3.05, 3.63) is 66.9 Å². The minimum absolute atomic E-state index is 0.748. The molecule has 0 spiro atoms. The Morgan fingerprint density at radius 1 is 1.05 bits per heavy atom. The Morgan fingerprint density at radius 3 is 2.48 bits per heavy atom. The molecule has 0 bridgehead atoms. The van der Waals surface area contributed by atoms with E-state index < -0.39 is 0 Å². The van der Waals surface area contributed by atoms with Gasteiger partial charge in [0.2, 0.25) is 0 Å². The molecule has 104 valence electrons. The normalized spacial score (nSPS) is 11.4. The Hall–Kier alpha value is -2.95. The van der Waals surface area contributed by atoms with Crippen molar-refractivity contribution in [3.8, 4) is 11.3 Å². The van der Waals surface area contributed by atoms with Crippen LogP contribution in [0.2, 0.25) is 0 Å². The van der Waals surface area contributed by atoms with Gasteiger partial charge in [0.15, 0.2) is 12.2 Å². The van der Waals surface area contributed by atoms with E-state index in [1.54, 1.807) is 18.6 Å². The standard InChI is InChI=1S/C16H14N4O/c1-12(13-6-8-17-9-7-13)19-20-15-4-2-14(3-5-15)16-10-18-11-21-16/h2-11,20H,1H3/b19-12+. The molecule has 0 amide bonds. The summed E-state index contributed by atoms with van der Waals surface area (Å²) in [6.07, 6.45) is 6.61. The lowest BCUT2D eigenvalue weighted by molar-refractivity contribution is 0.572. The number of hydrogen-bond acceptors (Lipinski definition) is 5. The Morgan fingerprint density at radius 2 is 1.81 bits per heavy atom. The number of nitrogens with one attached hydrogen (secondary N) is 1. The van der Waals surface area contributed by atoms with Crippen LogP contribution in [0.3, 0.4) is 0 Å². The molecule has 3 aromatic rings. The van der Waals surface area contributed by atoms with Crippen molar-refractivity contribution in [1.82, 2.24) is 9.97 Å². The van der Waals surface area contributed by atoms with Crippen LogP contribution in [0.15, 0.2) is 70.9 Å². The molecule has 0 aliphatic carbocycles. The van der Waals surface area contributed by atoms with Crippen molar-refractivity contribution >= 4 is 11.4 Å². The van der Waals surface area contributed by atoms with Crippen molar-refractivity contribution in [2.24, 2.45) is 5.10 Å². The molecule has 2 heterocycles. The lowest BCUT2D eigenvalue weighted by Gasteiger charge is -2.04. The summed E-state index contributed by atoms with van der Waals surface area (Å²) in [6.45, 7) is 1.95. The molecule has 0 atom stereocenters. The van der Waals surface area contributed by atoms with Gasteiger partial charge in [0.1, 0.15) is 0 Å². The first-order valence-corrected chi connectivity index (χ1v) is 6.52. The molecule has 0 saturated carbocycles. The van der Waals surface area contributed by atoms with E-state index in [1.165, 1.54) is 6.39 Å². The fourth-order valence-electron chi connectivity index (χ4n) is 1.87. The second-order valence-corrected chi connectivity index (χ2v) is 4.49. The number of rotatable bonds is 4. The van der Waals surface area contributed by atoms with Crippen molar-refractivity contribution < 1.29 is 4.42 Å². The molecule has 0 radical (unpaired) electrons. The zero-order valence-corrected chi connectivity index (χ0v) is 11.5. The first-order chi connectivity index (χ1) is 10.3. The van der Waals surface area contributed by atoms with Crippen LogP contribution in [0, 0.1) is 0 Å². The van der Waals surface area contributed by atoms with Gasteiger partial charge in [-0.1, -0.05) is 0 Å². The van der Waals surface area contributed by atoms with Crippen LogP contribution in [-0.4, -0.2) is 15.7 Å². The van der Waals surface area contributed by atoms with Gasteiger partial charge in [0.25, 0.3) is 0 Å². The molecule has 0 aliphatic rings. The number of pyridine rings is 1. The number of hydrazone groups is 1. The van der Waals surface area contributed by atoms with Gasteiger partial charge in [0, 0.05) is 23.5 Å². The minimum Gasteiger partial charge on any atom is -0.444 e. The zero-order chi connectivity index (χ0) is 14.5. The third kappa shape index (κ3) is 3.14. The Labute approximate surface area is 122 Å². The summed E-state index contributed by atoms with van der Waals surface area (Å²) < 4.78 is 5.25. The molecule has 0 aliphatic heterocycles. The minimum atomic E-state index is 0.748. The van der Waals surface area contributed by atoms with E-state index >= 15 is 0 Å². The van der Waals surface area contributed by atoms with Crippen LogP contribution in [-0.2, 0) is 0 Å². The molecule has 21 heavy (non-hydrogen) atoms. The van der Waals surface area contributed by atoms with Gasteiger partial charge in [-0.25, -0.2) is 4.98 Å². The van der Waals surface area contributed by atoms with Gasteiger partial charge in [-0.05, 0) is 43.3 Å². The molecule has 0 unspecified atom stereocenters. The Kier molecular flexibility index (Phi) is 3.73. The summed E-state index contributed by atoms with van der Waals surface area (Å²) in [6, 6.07) is 11.7. The van der Waals surface area contributed by atoms with Gasteiger partial charge in [-0.3, -0.25) is 10.4 Å². The van der Waals surface area contributed by atoms with Crippen molar-refractivity contribution in [2.75, 3.05) is 5.43 Å². The molecule has 0 saturated heterocycles. The molecular formula is C16H14N4O. The highest BCUT2D eigenvalue weighted by Gasteiger charge is 2.01. The number of oxazole rings is 1. The molecule has 1 aromatic carbocycles. The summed E-state index contributed by atoms with van der Waals surface area (Å²) >= 11 is 0. The monoisotopic (exact) mass is 278 g/mol. The van der Waals surface area contributed by atoms with Gasteiger partial charge >= 0.3 is 0 Å². The van der Waals surface area contributed by atoms with Crippen molar-refractivity contribution in [2.45, 2.75) is 6.92 Å². The second-order valence-electron chi connectivity index (χ2n) is 4.49. The van der Waals surface area contributed by atoms with Crippen molar-refractivity contribution in [3.63, 3.8) is 0 Å². The smallest absolute Gasteiger partial charge is 0.181 e. The summed E-state index contributed by atoms with van der Waals surface area (Å²) in [5, 5.41) is 4.36. The molecule has 1 N–H and O–H groups in total. The average Bonchev–Trinajstić information content (AvgIpc) is 3.08. The van der Waals surface area contributed by atoms with Gasteiger partial charge in [-0.2, -0.15) is 5.10 Å². The number of aromatic nitrogens is 2. The molecule has 2 aromatic heterocycles. The van der Waals surface area contributed by atoms with E-state index in [4.69, 9.17) is 4.42 Å². The summed E-state index contributed by atoms with van der Waals surface area (Å²) in [5.74, 6) is 0.748. The van der Waals surface area contributed by atoms with Crippen LogP contribution >= 0.6 is 0 Å². The van der Waals surface area contributed by atoms with Gasteiger partial charge < -0.3 is 4.42 Å². The summed E-state index contributed by atoms with van der Waals surface area (Å²) in [7, 11) is 0. The number of nitrogens with zero attached hydrogens (tertiary/aromatic N) is 3. The number of anilines is 1. The largest absolute Gasteiger partial charge is 0.444 e. The Balaban J connectivity index is 1.71. The van der Waals surface area contributed by atoms with Gasteiger partial charge in [0.05, 0.1) is 17.6 Å². The second kappa shape index (κ2) is 6.00. The predicted octanol–water partition coefficient (Wildman–Crippen LogP) is 3.57. The molecule has 0 fully saturated rings. The first-order valence-electron chi connectivity index (χ1n) is 6.52. The van der Waals surface area contributed by atoms with E-state index in [0.29, 0.717) is 0 Å². The van der Waals surface area contributed by atoms with Crippen LogP contribution in [0.1, 0.15) is 12.5 Å². The van der Waals surface area contributed by atoms with Crippen LogP contribution in [0.4, 0.5) is 5.69 Å². The van der Waals surface area contributed by atoms with Crippen molar-refractivity contribution in [1.29, 1.82) is 0 Å². The van der Waals surface area contributed by atoms with Crippen LogP contribution in [0.5, 0.6) is 0 Å². The molecule has 5 heteroatoms. The number of benzene rings is 1. The molecule has 3 rings (SSSR count). The lowest BCUT2D eigenvalue weighted by atomic mass is 10.2. The van der Waals surface area contributed by atoms with Crippen LogP contribution < -0.4 is 5.43 Å². The molecular weight excluding hydrogens is 264 g/mol. The van der Waals surface area contributed by atoms with E-state index in [2.05, 4.69) is 20.5 Å². The Bertz CT molecular complexity index is 719. The lowest BCUT2D eigenvalue weighted by Crippen LogP contribution is -1.99. The first kappa shape index (κ1) is 13.1. The van der Waals surface area contributed by atoms with Crippen LogP contribution in [0.25, 0.3) is 11.3 Å². The SMILES string of the molecule is C/C(=N\Nc1ccc(-c2cnco2)cc1)c1ccncc1. The van der Waals surface area contributed by atoms with Gasteiger partial charge in [-0.15, -0.1) is 0 Å². The summed E-state index contributed by atoms with van der Waals surface area (Å²) in [4.78, 5) is 7.90. The fraction of sp³-hybridized carbons (Fsp3) is 0.0625. The maximum Gasteiger partial charge on any atom is 0.181 e. The highest BCUT2D eigenvalue weighted by Crippen LogP contribution is 2.20. The summed E-state index contributed by atoms with van der Waals surface area (Å²) in [5.41, 5.74) is 6.86. The average molecular weight is 278 g/mol. The maximum absolute atomic E-state index is 5.25. The van der Waals surface area contributed by atoms with E-state index in [0.717, 1.165) is 28.3 Å². The highest BCUT2D eigenvalue weighted by atomic mass is 16.3. The predicted molar refractivity (Wildman–Crippen MR) is 82.0 cm³/mol.